The normalized spacial score (nSPS) is 9.50. The Bertz CT molecular complexity index is 430. The fraction of sp³-hybridized carbons (Fsp3) is 0.357. The zero-order valence-electron chi connectivity index (χ0n) is 10.6. The highest BCUT2D eigenvalue weighted by Gasteiger charge is 2.00. The van der Waals surface area contributed by atoms with E-state index in [4.69, 9.17) is 0 Å². The third-order valence-electron chi connectivity index (χ3n) is 2.34. The highest BCUT2D eigenvalue weighted by atomic mass is 15.2. The molecule has 0 aliphatic heterocycles. The van der Waals surface area contributed by atoms with Gasteiger partial charge in [0.1, 0.15) is 0 Å². The maximum absolute atomic E-state index is 4.37. The highest BCUT2D eigenvalue weighted by Crippen LogP contribution is 2.18. The average molecular weight is 216 g/mol. The zero-order chi connectivity index (χ0) is 12.0. The lowest BCUT2D eigenvalue weighted by Crippen LogP contribution is -1.88. The van der Waals surface area contributed by atoms with E-state index in [1.807, 2.05) is 37.8 Å². The van der Waals surface area contributed by atoms with E-state index in [1.54, 1.807) is 0 Å². The predicted octanol–water partition coefficient (Wildman–Crippen LogP) is 3.68. The van der Waals surface area contributed by atoms with Crippen LogP contribution in [0.15, 0.2) is 36.5 Å². The van der Waals surface area contributed by atoms with Crippen molar-refractivity contribution in [2.45, 2.75) is 27.2 Å². The number of aryl methyl sites for hydroxylation is 2. The summed E-state index contributed by atoms with van der Waals surface area (Å²) in [6.07, 6.45) is 3.04. The van der Waals surface area contributed by atoms with Crippen molar-refractivity contribution in [3.63, 3.8) is 0 Å². The lowest BCUT2D eigenvalue weighted by Gasteiger charge is -1.99. The molecule has 0 spiro atoms. The molecule has 1 aromatic carbocycles. The Labute approximate surface area is 97.9 Å². The molecule has 0 saturated carbocycles. The number of rotatable bonds is 2. The number of hydrogen-bond donors (Lipinski definition) is 0. The second-order valence-electron chi connectivity index (χ2n) is 3.43. The number of benzene rings is 1. The van der Waals surface area contributed by atoms with Gasteiger partial charge in [0, 0.05) is 18.8 Å². The van der Waals surface area contributed by atoms with Crippen molar-refractivity contribution >= 4 is 0 Å². The summed E-state index contributed by atoms with van der Waals surface area (Å²) in [5, 5.41) is 4.37. The minimum absolute atomic E-state index is 1.04. The van der Waals surface area contributed by atoms with E-state index in [2.05, 4.69) is 36.3 Å². The smallest absolute Gasteiger partial charge is 0.0923 e. The molecule has 0 saturated heterocycles. The Morgan fingerprint density at radius 1 is 1.19 bits per heavy atom. The highest BCUT2D eigenvalue weighted by molar-refractivity contribution is 5.59. The second-order valence-corrected chi connectivity index (χ2v) is 3.43. The van der Waals surface area contributed by atoms with Crippen LogP contribution >= 0.6 is 0 Å². The van der Waals surface area contributed by atoms with Crippen molar-refractivity contribution in [1.29, 1.82) is 0 Å². The summed E-state index contributed by atoms with van der Waals surface area (Å²) in [5.41, 5.74) is 3.60. The van der Waals surface area contributed by atoms with Crippen LogP contribution in [0.1, 0.15) is 26.3 Å². The molecule has 0 atom stereocenters. The molecule has 0 amide bonds. The third-order valence-corrected chi connectivity index (χ3v) is 2.34. The molecule has 2 aromatic rings. The standard InChI is InChI=1S/C12H14N2.C2H6/c1-3-10-5-4-6-11(9-10)12-7-8-14(2)13-12;1-2/h4-9H,3H2,1-2H3;1-2H3. The lowest BCUT2D eigenvalue weighted by atomic mass is 10.1. The Morgan fingerprint density at radius 3 is 2.50 bits per heavy atom. The van der Waals surface area contributed by atoms with Crippen LogP contribution in [-0.4, -0.2) is 9.78 Å². The summed E-state index contributed by atoms with van der Waals surface area (Å²) in [6, 6.07) is 10.6. The summed E-state index contributed by atoms with van der Waals surface area (Å²) in [7, 11) is 1.94. The SMILES string of the molecule is CC.CCc1cccc(-c2ccn(C)n2)c1. The van der Waals surface area contributed by atoms with Crippen LogP contribution in [0, 0.1) is 0 Å². The summed E-state index contributed by atoms with van der Waals surface area (Å²) in [5.74, 6) is 0. The van der Waals surface area contributed by atoms with E-state index in [1.165, 1.54) is 11.1 Å². The van der Waals surface area contributed by atoms with Crippen LogP contribution in [0.3, 0.4) is 0 Å². The van der Waals surface area contributed by atoms with Gasteiger partial charge in [-0.3, -0.25) is 4.68 Å². The maximum atomic E-state index is 4.37. The first kappa shape index (κ1) is 12.5. The number of aromatic nitrogens is 2. The molecule has 86 valence electrons. The van der Waals surface area contributed by atoms with Crippen molar-refractivity contribution in [2.24, 2.45) is 7.05 Å². The van der Waals surface area contributed by atoms with E-state index in [-0.39, 0.29) is 0 Å². The van der Waals surface area contributed by atoms with Crippen molar-refractivity contribution in [3.05, 3.63) is 42.1 Å². The largest absolute Gasteiger partial charge is 0.275 e. The zero-order valence-corrected chi connectivity index (χ0v) is 10.6. The quantitative estimate of drug-likeness (QED) is 0.749. The van der Waals surface area contributed by atoms with E-state index >= 15 is 0 Å². The van der Waals surface area contributed by atoms with Gasteiger partial charge in [-0.2, -0.15) is 5.10 Å². The summed E-state index contributed by atoms with van der Waals surface area (Å²) >= 11 is 0. The van der Waals surface area contributed by atoms with Crippen LogP contribution in [0.2, 0.25) is 0 Å². The first-order valence-electron chi connectivity index (χ1n) is 5.88. The van der Waals surface area contributed by atoms with Crippen molar-refractivity contribution < 1.29 is 0 Å². The third kappa shape index (κ3) is 2.96. The van der Waals surface area contributed by atoms with Gasteiger partial charge in [0.2, 0.25) is 0 Å². The van der Waals surface area contributed by atoms with Gasteiger partial charge in [-0.1, -0.05) is 39.0 Å². The molecule has 0 bridgehead atoms. The molecule has 0 N–H and O–H groups in total. The van der Waals surface area contributed by atoms with Crippen LogP contribution in [0.5, 0.6) is 0 Å². The summed E-state index contributed by atoms with van der Waals surface area (Å²) in [6.45, 7) is 6.16. The van der Waals surface area contributed by atoms with Gasteiger partial charge in [0.25, 0.3) is 0 Å². The lowest BCUT2D eigenvalue weighted by molar-refractivity contribution is 0.771. The molecule has 0 unspecified atom stereocenters. The summed E-state index contributed by atoms with van der Waals surface area (Å²) in [4.78, 5) is 0. The monoisotopic (exact) mass is 216 g/mol. The molecule has 0 aliphatic rings. The molecule has 0 fully saturated rings. The summed E-state index contributed by atoms with van der Waals surface area (Å²) < 4.78 is 1.83. The molecule has 16 heavy (non-hydrogen) atoms. The fourth-order valence-electron chi connectivity index (χ4n) is 1.52. The molecule has 0 radical (unpaired) electrons. The van der Waals surface area contributed by atoms with E-state index in [0.29, 0.717) is 0 Å². The van der Waals surface area contributed by atoms with Crippen molar-refractivity contribution in [1.82, 2.24) is 9.78 Å². The molecule has 0 aliphatic carbocycles. The Kier molecular flexibility index (Phi) is 4.77. The second kappa shape index (κ2) is 6.11. The topological polar surface area (TPSA) is 17.8 Å². The molecule has 2 rings (SSSR count). The molecule has 2 nitrogen and oxygen atoms in total. The van der Waals surface area contributed by atoms with Gasteiger partial charge in [-0.15, -0.1) is 0 Å². The van der Waals surface area contributed by atoms with Crippen LogP contribution in [0.25, 0.3) is 11.3 Å². The Balaban J connectivity index is 0.000000606. The number of nitrogens with zero attached hydrogens (tertiary/aromatic N) is 2. The van der Waals surface area contributed by atoms with E-state index < -0.39 is 0 Å². The maximum Gasteiger partial charge on any atom is 0.0923 e. The van der Waals surface area contributed by atoms with Crippen molar-refractivity contribution in [3.8, 4) is 11.3 Å². The first-order chi connectivity index (χ1) is 7.79. The van der Waals surface area contributed by atoms with Crippen LogP contribution in [-0.2, 0) is 13.5 Å². The molecular weight excluding hydrogens is 196 g/mol. The predicted molar refractivity (Wildman–Crippen MR) is 69.4 cm³/mol. The molecule has 2 heteroatoms. The van der Waals surface area contributed by atoms with Gasteiger partial charge in [-0.05, 0) is 24.1 Å². The van der Waals surface area contributed by atoms with E-state index in [0.717, 1.165) is 12.1 Å². The van der Waals surface area contributed by atoms with Crippen LogP contribution < -0.4 is 0 Å². The minimum Gasteiger partial charge on any atom is -0.275 e. The Morgan fingerprint density at radius 2 is 1.94 bits per heavy atom. The number of hydrogen-bond acceptors (Lipinski definition) is 1. The van der Waals surface area contributed by atoms with Gasteiger partial charge in [0.15, 0.2) is 0 Å². The van der Waals surface area contributed by atoms with Crippen molar-refractivity contribution in [2.75, 3.05) is 0 Å². The average Bonchev–Trinajstić information content (AvgIpc) is 2.79. The Hall–Kier alpha value is -1.57. The molecule has 1 aromatic heterocycles. The van der Waals surface area contributed by atoms with E-state index in [9.17, 15) is 0 Å². The van der Waals surface area contributed by atoms with Gasteiger partial charge in [-0.25, -0.2) is 0 Å². The fourth-order valence-corrected chi connectivity index (χ4v) is 1.52. The van der Waals surface area contributed by atoms with Gasteiger partial charge >= 0.3 is 0 Å². The molecule has 1 heterocycles. The minimum atomic E-state index is 1.04. The molecular formula is C14H20N2. The van der Waals surface area contributed by atoms with Gasteiger partial charge < -0.3 is 0 Å². The van der Waals surface area contributed by atoms with Crippen LogP contribution in [0.4, 0.5) is 0 Å². The first-order valence-corrected chi connectivity index (χ1v) is 5.88. The van der Waals surface area contributed by atoms with Gasteiger partial charge in [0.05, 0.1) is 5.69 Å².